The van der Waals surface area contributed by atoms with Gasteiger partial charge in [0.1, 0.15) is 17.4 Å². The maximum Gasteiger partial charge on any atom is 0.258 e. The van der Waals surface area contributed by atoms with Crippen LogP contribution in [0.4, 0.5) is 5.69 Å². The number of nitrogens with zero attached hydrogens (tertiary/aromatic N) is 3. The van der Waals surface area contributed by atoms with Crippen LogP contribution >= 0.6 is 15.9 Å². The molecule has 0 radical (unpaired) electrons. The van der Waals surface area contributed by atoms with Crippen LogP contribution in [0.5, 0.6) is 5.75 Å². The van der Waals surface area contributed by atoms with E-state index >= 15 is 0 Å². The van der Waals surface area contributed by atoms with E-state index in [9.17, 15) is 10.1 Å². The first-order valence-corrected chi connectivity index (χ1v) is 9.80. The Balaban J connectivity index is 2.07. The van der Waals surface area contributed by atoms with Gasteiger partial charge in [-0.3, -0.25) is 4.79 Å². The number of anilines is 1. The summed E-state index contributed by atoms with van der Waals surface area (Å²) in [6.45, 7) is 0. The minimum Gasteiger partial charge on any atom is -0.439 e. The summed E-state index contributed by atoms with van der Waals surface area (Å²) in [6, 6.07) is 15.4. The molecule has 146 valence electrons. The fourth-order valence-corrected chi connectivity index (χ4v) is 4.58. The summed E-state index contributed by atoms with van der Waals surface area (Å²) in [5.41, 5.74) is 9.09. The number of benzene rings is 2. The summed E-state index contributed by atoms with van der Waals surface area (Å²) in [7, 11) is 5.62. The molecule has 3 aromatic rings. The van der Waals surface area contributed by atoms with Crippen molar-refractivity contribution in [1.29, 1.82) is 5.26 Å². The fraction of sp³-hybridized carbons (Fsp3) is 0.182. The number of rotatable bonds is 2. The van der Waals surface area contributed by atoms with Gasteiger partial charge in [0.15, 0.2) is 0 Å². The van der Waals surface area contributed by atoms with Crippen molar-refractivity contribution in [1.82, 2.24) is 4.57 Å². The lowest BCUT2D eigenvalue weighted by molar-refractivity contribution is 0.396. The molecule has 1 aliphatic heterocycles. The lowest BCUT2D eigenvalue weighted by atomic mass is 9.83. The number of para-hydroxylation sites is 1. The van der Waals surface area contributed by atoms with E-state index in [2.05, 4.69) is 22.0 Å². The van der Waals surface area contributed by atoms with E-state index < -0.39 is 5.92 Å². The normalized spacial score (nSPS) is 15.6. The van der Waals surface area contributed by atoms with Crippen LogP contribution < -0.4 is 20.9 Å². The number of nitrogens with two attached hydrogens (primary N) is 1. The van der Waals surface area contributed by atoms with E-state index in [1.165, 1.54) is 0 Å². The molecule has 1 aromatic heterocycles. The average Bonchev–Trinajstić information content (AvgIpc) is 2.70. The van der Waals surface area contributed by atoms with Crippen molar-refractivity contribution in [3.63, 3.8) is 0 Å². The Labute approximate surface area is 176 Å². The number of aryl methyl sites for hydroxylation is 1. The monoisotopic (exact) mass is 450 g/mol. The number of allylic oxidation sites excluding steroid dienone is 1. The molecule has 1 atom stereocenters. The lowest BCUT2D eigenvalue weighted by Gasteiger charge is -2.28. The van der Waals surface area contributed by atoms with Crippen molar-refractivity contribution in [2.75, 3.05) is 19.0 Å². The zero-order valence-corrected chi connectivity index (χ0v) is 17.8. The Morgan fingerprint density at radius 1 is 1.24 bits per heavy atom. The van der Waals surface area contributed by atoms with Gasteiger partial charge in [-0.2, -0.15) is 5.26 Å². The maximum absolute atomic E-state index is 13.3. The van der Waals surface area contributed by atoms with E-state index in [-0.39, 0.29) is 17.0 Å². The second-order valence-electron chi connectivity index (χ2n) is 7.15. The molecule has 0 unspecified atom stereocenters. The van der Waals surface area contributed by atoms with Crippen LogP contribution in [0.25, 0.3) is 10.9 Å². The summed E-state index contributed by atoms with van der Waals surface area (Å²) in [5, 5.41) is 10.6. The largest absolute Gasteiger partial charge is 0.439 e. The molecule has 0 bridgehead atoms. The van der Waals surface area contributed by atoms with Gasteiger partial charge in [0.2, 0.25) is 5.88 Å². The standard InChI is InChI=1S/C22H19BrN4O2/c1-26(2)17-9-8-12(10-15(17)23)18-14(11-24)21(25)29-20-13-6-4-5-7-16(13)27(3)22(28)19(18)20/h4-10,18H,25H2,1-3H3/t18-/m1/s1. The predicted molar refractivity (Wildman–Crippen MR) is 117 cm³/mol. The number of hydrogen-bond acceptors (Lipinski definition) is 5. The summed E-state index contributed by atoms with van der Waals surface area (Å²) in [5.74, 6) is -0.172. The van der Waals surface area contributed by atoms with Crippen molar-refractivity contribution >= 4 is 32.5 Å². The molecule has 4 rings (SSSR count). The summed E-state index contributed by atoms with van der Waals surface area (Å²) < 4.78 is 8.28. The van der Waals surface area contributed by atoms with Crippen molar-refractivity contribution in [3.05, 3.63) is 79.9 Å². The Morgan fingerprint density at radius 3 is 2.62 bits per heavy atom. The van der Waals surface area contributed by atoms with E-state index in [0.29, 0.717) is 11.3 Å². The van der Waals surface area contributed by atoms with Gasteiger partial charge in [-0.15, -0.1) is 0 Å². The van der Waals surface area contributed by atoms with E-state index in [1.807, 2.05) is 61.5 Å². The van der Waals surface area contributed by atoms with Crippen molar-refractivity contribution in [3.8, 4) is 11.8 Å². The molecule has 2 N–H and O–H groups in total. The first-order chi connectivity index (χ1) is 13.8. The van der Waals surface area contributed by atoms with Crippen LogP contribution in [0.3, 0.4) is 0 Å². The molecule has 0 aliphatic carbocycles. The van der Waals surface area contributed by atoms with E-state index in [1.54, 1.807) is 11.6 Å². The number of nitriles is 1. The van der Waals surface area contributed by atoms with Gasteiger partial charge in [0, 0.05) is 31.0 Å². The first kappa shape index (κ1) is 19.1. The number of ether oxygens (including phenoxy) is 1. The third-order valence-electron chi connectivity index (χ3n) is 5.25. The van der Waals surface area contributed by atoms with E-state index in [4.69, 9.17) is 10.5 Å². The Kier molecular flexibility index (Phi) is 4.59. The molecule has 2 aromatic carbocycles. The van der Waals surface area contributed by atoms with Gasteiger partial charge in [-0.1, -0.05) is 18.2 Å². The molecule has 6 nitrogen and oxygen atoms in total. The quantitative estimate of drug-likeness (QED) is 0.644. The molecule has 0 fully saturated rings. The highest BCUT2D eigenvalue weighted by Crippen LogP contribution is 2.44. The molecule has 0 saturated heterocycles. The van der Waals surface area contributed by atoms with E-state index in [0.717, 1.165) is 26.6 Å². The molecule has 29 heavy (non-hydrogen) atoms. The molecule has 1 aliphatic rings. The second kappa shape index (κ2) is 6.98. The zero-order chi connectivity index (χ0) is 20.9. The minimum absolute atomic E-state index is 0.0243. The summed E-state index contributed by atoms with van der Waals surface area (Å²) in [4.78, 5) is 15.3. The van der Waals surface area contributed by atoms with Gasteiger partial charge in [0.05, 0.1) is 22.7 Å². The Hall–Kier alpha value is -3.24. The number of fused-ring (bicyclic) bond motifs is 3. The van der Waals surface area contributed by atoms with Crippen molar-refractivity contribution in [2.24, 2.45) is 12.8 Å². The molecular weight excluding hydrogens is 432 g/mol. The summed E-state index contributed by atoms with van der Waals surface area (Å²) >= 11 is 3.60. The molecule has 0 spiro atoms. The van der Waals surface area contributed by atoms with Gasteiger partial charge in [-0.25, -0.2) is 0 Å². The number of aromatic nitrogens is 1. The number of hydrogen-bond donors (Lipinski definition) is 1. The Morgan fingerprint density at radius 2 is 1.97 bits per heavy atom. The molecule has 0 saturated carbocycles. The average molecular weight is 451 g/mol. The van der Waals surface area contributed by atoms with Crippen LogP contribution in [0.2, 0.25) is 0 Å². The van der Waals surface area contributed by atoms with Crippen LogP contribution in [0.1, 0.15) is 17.0 Å². The zero-order valence-electron chi connectivity index (χ0n) is 16.2. The van der Waals surface area contributed by atoms with Gasteiger partial charge < -0.3 is 19.9 Å². The maximum atomic E-state index is 13.3. The summed E-state index contributed by atoms with van der Waals surface area (Å²) in [6.07, 6.45) is 0. The van der Waals surface area contributed by atoms with Crippen molar-refractivity contribution in [2.45, 2.75) is 5.92 Å². The van der Waals surface area contributed by atoms with Gasteiger partial charge in [-0.05, 0) is 45.8 Å². The molecule has 7 heteroatoms. The Bertz CT molecular complexity index is 1280. The highest BCUT2D eigenvalue weighted by Gasteiger charge is 2.35. The second-order valence-corrected chi connectivity index (χ2v) is 8.01. The highest BCUT2D eigenvalue weighted by atomic mass is 79.9. The first-order valence-electron chi connectivity index (χ1n) is 9.01. The van der Waals surface area contributed by atoms with Crippen molar-refractivity contribution < 1.29 is 4.74 Å². The number of halogens is 1. The third kappa shape index (κ3) is 2.88. The smallest absolute Gasteiger partial charge is 0.258 e. The van der Waals surface area contributed by atoms with Crippen LogP contribution in [-0.4, -0.2) is 18.7 Å². The lowest BCUT2D eigenvalue weighted by Crippen LogP contribution is -2.31. The third-order valence-corrected chi connectivity index (χ3v) is 5.89. The molecular formula is C22H19BrN4O2. The van der Waals surface area contributed by atoms with Crippen LogP contribution in [-0.2, 0) is 7.05 Å². The topological polar surface area (TPSA) is 84.3 Å². The van der Waals surface area contributed by atoms with Crippen LogP contribution in [0, 0.1) is 11.3 Å². The fourth-order valence-electron chi connectivity index (χ4n) is 3.82. The van der Waals surface area contributed by atoms with Gasteiger partial charge >= 0.3 is 0 Å². The molecule has 2 heterocycles. The SMILES string of the molecule is CN(C)c1ccc([C@@H]2C(C#N)=C(N)Oc3c2c(=O)n(C)c2ccccc32)cc1Br. The minimum atomic E-state index is -0.612. The number of pyridine rings is 1. The predicted octanol–water partition coefficient (Wildman–Crippen LogP) is 3.59. The highest BCUT2D eigenvalue weighted by molar-refractivity contribution is 9.10. The van der Waals surface area contributed by atoms with Crippen LogP contribution in [0.15, 0.2) is 63.2 Å². The van der Waals surface area contributed by atoms with Gasteiger partial charge in [0.25, 0.3) is 5.56 Å². The molecule has 0 amide bonds.